The Morgan fingerprint density at radius 3 is 2.21 bits per heavy atom. The van der Waals surface area contributed by atoms with Crippen molar-refractivity contribution in [1.29, 1.82) is 0 Å². The average molecular weight is 301 g/mol. The Labute approximate surface area is 95.2 Å². The van der Waals surface area contributed by atoms with Crippen LogP contribution in [0.2, 0.25) is 0 Å². The molecule has 1 saturated heterocycles. The second-order valence-electron chi connectivity index (χ2n) is 3.07. The van der Waals surface area contributed by atoms with Crippen molar-refractivity contribution in [1.82, 2.24) is 0 Å². The molecule has 0 spiro atoms. The van der Waals surface area contributed by atoms with Crippen LogP contribution in [-0.4, -0.2) is 11.8 Å². The van der Waals surface area contributed by atoms with Gasteiger partial charge in [-0.05, 0) is 34.7 Å². The number of carbonyl (C=O) groups is 2. The summed E-state index contributed by atoms with van der Waals surface area (Å²) < 4.78 is 0.925. The van der Waals surface area contributed by atoms with E-state index < -0.39 is 0 Å². The zero-order chi connectivity index (χ0) is 10.1. The molecule has 14 heavy (non-hydrogen) atoms. The summed E-state index contributed by atoms with van der Waals surface area (Å²) in [6, 6.07) is 7.39. The summed E-state index contributed by atoms with van der Waals surface area (Å²) in [5.74, 6) is -0.196. The monoisotopic (exact) mass is 301 g/mol. The van der Waals surface area contributed by atoms with E-state index >= 15 is 0 Å². The third-order valence-electron chi connectivity index (χ3n) is 2.14. The van der Waals surface area contributed by atoms with Crippen LogP contribution < -0.4 is 4.90 Å². The van der Waals surface area contributed by atoms with Crippen molar-refractivity contribution in [3.05, 3.63) is 27.8 Å². The van der Waals surface area contributed by atoms with Crippen molar-refractivity contribution < 1.29 is 9.59 Å². The fourth-order valence-corrected chi connectivity index (χ4v) is 2.11. The molecule has 1 aromatic carbocycles. The molecule has 1 aliphatic rings. The van der Waals surface area contributed by atoms with Crippen LogP contribution in [0.25, 0.3) is 0 Å². The van der Waals surface area contributed by atoms with E-state index in [-0.39, 0.29) is 11.8 Å². The van der Waals surface area contributed by atoms with E-state index in [1.54, 1.807) is 6.07 Å². The van der Waals surface area contributed by atoms with Crippen LogP contribution in [0.1, 0.15) is 12.8 Å². The second-order valence-corrected chi connectivity index (χ2v) is 4.24. The number of nitrogens with zero attached hydrogens (tertiary/aromatic N) is 1. The molecule has 0 unspecified atom stereocenters. The van der Waals surface area contributed by atoms with E-state index in [2.05, 4.69) is 22.6 Å². The molecule has 1 fully saturated rings. The Morgan fingerprint density at radius 1 is 1.07 bits per heavy atom. The summed E-state index contributed by atoms with van der Waals surface area (Å²) in [7, 11) is 0. The van der Waals surface area contributed by atoms with Crippen molar-refractivity contribution in [3.63, 3.8) is 0 Å². The maximum Gasteiger partial charge on any atom is 0.234 e. The number of para-hydroxylation sites is 1. The lowest BCUT2D eigenvalue weighted by Crippen LogP contribution is -2.29. The molecule has 0 saturated carbocycles. The molecule has 0 bridgehead atoms. The first-order valence-electron chi connectivity index (χ1n) is 4.30. The molecule has 1 heterocycles. The lowest BCUT2D eigenvalue weighted by molar-refractivity contribution is -0.121. The maximum absolute atomic E-state index is 11.4. The van der Waals surface area contributed by atoms with Crippen molar-refractivity contribution in [2.45, 2.75) is 12.8 Å². The van der Waals surface area contributed by atoms with Crippen LogP contribution in [-0.2, 0) is 9.59 Å². The number of benzene rings is 1. The van der Waals surface area contributed by atoms with Gasteiger partial charge >= 0.3 is 0 Å². The normalized spacial score (nSPS) is 16.5. The summed E-state index contributed by atoms with van der Waals surface area (Å²) in [6.07, 6.45) is 0.674. The molecule has 0 radical (unpaired) electrons. The third kappa shape index (κ3) is 1.54. The highest BCUT2D eigenvalue weighted by atomic mass is 127. The fourth-order valence-electron chi connectivity index (χ4n) is 1.48. The first-order chi connectivity index (χ1) is 6.70. The van der Waals surface area contributed by atoms with Gasteiger partial charge in [-0.1, -0.05) is 12.1 Å². The lowest BCUT2D eigenvalue weighted by Gasteiger charge is -2.14. The summed E-state index contributed by atoms with van der Waals surface area (Å²) in [6.45, 7) is 0. The van der Waals surface area contributed by atoms with Gasteiger partial charge in [0.15, 0.2) is 0 Å². The zero-order valence-corrected chi connectivity index (χ0v) is 9.52. The predicted octanol–water partition coefficient (Wildman–Crippen LogP) is 1.94. The molecule has 0 aliphatic carbocycles. The van der Waals surface area contributed by atoms with E-state index in [4.69, 9.17) is 0 Å². The van der Waals surface area contributed by atoms with Gasteiger partial charge in [-0.2, -0.15) is 0 Å². The molecule has 2 amide bonds. The molecule has 4 heteroatoms. The van der Waals surface area contributed by atoms with Gasteiger partial charge in [0.05, 0.1) is 5.69 Å². The minimum absolute atomic E-state index is 0.0980. The Bertz CT molecular complexity index is 387. The van der Waals surface area contributed by atoms with E-state index in [9.17, 15) is 9.59 Å². The van der Waals surface area contributed by atoms with Gasteiger partial charge in [0.1, 0.15) is 0 Å². The van der Waals surface area contributed by atoms with Crippen LogP contribution in [0, 0.1) is 3.57 Å². The molecule has 1 aromatic rings. The molecule has 2 rings (SSSR count). The van der Waals surface area contributed by atoms with Gasteiger partial charge in [-0.25, -0.2) is 4.90 Å². The largest absolute Gasteiger partial charge is 0.274 e. The highest BCUT2D eigenvalue weighted by Gasteiger charge is 2.31. The third-order valence-corrected chi connectivity index (χ3v) is 3.06. The zero-order valence-electron chi connectivity index (χ0n) is 7.37. The van der Waals surface area contributed by atoms with Gasteiger partial charge in [0, 0.05) is 16.4 Å². The lowest BCUT2D eigenvalue weighted by atomic mass is 10.3. The molecular weight excluding hydrogens is 293 g/mol. The van der Waals surface area contributed by atoms with Gasteiger partial charge in [-0.3, -0.25) is 9.59 Å². The highest BCUT2D eigenvalue weighted by Crippen LogP contribution is 2.26. The predicted molar refractivity (Wildman–Crippen MR) is 60.9 cm³/mol. The Balaban J connectivity index is 2.44. The van der Waals surface area contributed by atoms with E-state index in [0.717, 1.165) is 3.57 Å². The summed E-state index contributed by atoms with van der Waals surface area (Å²) in [5.41, 5.74) is 0.709. The van der Waals surface area contributed by atoms with Gasteiger partial charge in [0.25, 0.3) is 0 Å². The minimum atomic E-state index is -0.0980. The number of carbonyl (C=O) groups excluding carboxylic acids is 2. The summed E-state index contributed by atoms with van der Waals surface area (Å²) >= 11 is 2.12. The first kappa shape index (κ1) is 9.64. The first-order valence-corrected chi connectivity index (χ1v) is 5.38. The number of hydrogen-bond acceptors (Lipinski definition) is 2. The summed E-state index contributed by atoms with van der Waals surface area (Å²) in [4.78, 5) is 24.2. The molecule has 3 nitrogen and oxygen atoms in total. The standard InChI is InChI=1S/C10H8INO2/c11-7-3-1-2-4-8(7)12-9(13)5-6-10(12)14/h1-4H,5-6H2. The summed E-state index contributed by atoms with van der Waals surface area (Å²) in [5, 5.41) is 0. The molecule has 0 N–H and O–H groups in total. The van der Waals surface area contributed by atoms with Gasteiger partial charge < -0.3 is 0 Å². The average Bonchev–Trinajstić information content (AvgIpc) is 2.48. The van der Waals surface area contributed by atoms with Crippen LogP contribution in [0.15, 0.2) is 24.3 Å². The number of imide groups is 1. The number of rotatable bonds is 1. The Hall–Kier alpha value is -0.910. The molecule has 0 atom stereocenters. The quantitative estimate of drug-likeness (QED) is 0.587. The molecule has 72 valence electrons. The molecular formula is C10H8INO2. The van der Waals surface area contributed by atoms with Crippen molar-refractivity contribution in [2.24, 2.45) is 0 Å². The number of hydrogen-bond donors (Lipinski definition) is 0. The van der Waals surface area contributed by atoms with E-state index in [1.807, 2.05) is 18.2 Å². The highest BCUT2D eigenvalue weighted by molar-refractivity contribution is 14.1. The molecule has 0 aromatic heterocycles. The molecule has 1 aliphatic heterocycles. The van der Waals surface area contributed by atoms with Crippen LogP contribution >= 0.6 is 22.6 Å². The minimum Gasteiger partial charge on any atom is -0.274 e. The fraction of sp³-hybridized carbons (Fsp3) is 0.200. The Morgan fingerprint density at radius 2 is 1.64 bits per heavy atom. The number of amides is 2. The van der Waals surface area contributed by atoms with Gasteiger partial charge in [-0.15, -0.1) is 0 Å². The van der Waals surface area contributed by atoms with Crippen molar-refractivity contribution >= 4 is 40.1 Å². The number of anilines is 1. The van der Waals surface area contributed by atoms with Crippen LogP contribution in [0.3, 0.4) is 0 Å². The van der Waals surface area contributed by atoms with Crippen LogP contribution in [0.5, 0.6) is 0 Å². The van der Waals surface area contributed by atoms with E-state index in [0.29, 0.717) is 18.5 Å². The van der Waals surface area contributed by atoms with E-state index in [1.165, 1.54) is 4.90 Å². The maximum atomic E-state index is 11.4. The Kier molecular flexibility index (Phi) is 2.54. The SMILES string of the molecule is O=C1CCC(=O)N1c1ccccc1I. The van der Waals surface area contributed by atoms with Crippen molar-refractivity contribution in [3.8, 4) is 0 Å². The van der Waals surface area contributed by atoms with Crippen LogP contribution in [0.4, 0.5) is 5.69 Å². The van der Waals surface area contributed by atoms with Gasteiger partial charge in [0.2, 0.25) is 11.8 Å². The van der Waals surface area contributed by atoms with Crippen molar-refractivity contribution in [2.75, 3.05) is 4.90 Å². The number of halogens is 1. The second kappa shape index (κ2) is 3.68. The smallest absolute Gasteiger partial charge is 0.234 e. The topological polar surface area (TPSA) is 37.4 Å².